The maximum Gasteiger partial charge on any atom is 0.269 e. The summed E-state index contributed by atoms with van der Waals surface area (Å²) >= 11 is 0. The van der Waals surface area contributed by atoms with Crippen molar-refractivity contribution in [3.63, 3.8) is 0 Å². The summed E-state index contributed by atoms with van der Waals surface area (Å²) in [7, 11) is 0. The molecule has 7 heteroatoms. The van der Waals surface area contributed by atoms with Crippen molar-refractivity contribution in [2.24, 2.45) is 22.6 Å². The summed E-state index contributed by atoms with van der Waals surface area (Å²) in [6.45, 7) is 3.25. The number of nitrogens with zero attached hydrogens (tertiary/aromatic N) is 1. The highest BCUT2D eigenvalue weighted by molar-refractivity contribution is 5.32. The average molecular weight is 282 g/mol. The van der Waals surface area contributed by atoms with Crippen LogP contribution in [0.3, 0.4) is 0 Å². The third kappa shape index (κ3) is 3.97. The number of hydrogen-bond donors (Lipinski definition) is 3. The Morgan fingerprint density at radius 2 is 1.85 bits per heavy atom. The van der Waals surface area contributed by atoms with E-state index >= 15 is 0 Å². The molecule has 1 aromatic carbocycles. The van der Waals surface area contributed by atoms with Gasteiger partial charge >= 0.3 is 0 Å². The van der Waals surface area contributed by atoms with Gasteiger partial charge in [-0.25, -0.2) is 0 Å². The topological polar surface area (TPSA) is 130 Å². The number of hydrogen-bond acceptors (Lipinski definition) is 6. The molecule has 0 radical (unpaired) electrons. The zero-order valence-corrected chi connectivity index (χ0v) is 11.6. The highest BCUT2D eigenvalue weighted by Gasteiger charge is 2.31. The molecule has 0 heterocycles. The molecule has 0 spiro atoms. The van der Waals surface area contributed by atoms with E-state index in [0.717, 1.165) is 5.56 Å². The van der Waals surface area contributed by atoms with E-state index in [1.807, 2.05) is 6.92 Å². The summed E-state index contributed by atoms with van der Waals surface area (Å²) in [4.78, 5) is 10.1. The third-order valence-corrected chi connectivity index (χ3v) is 3.58. The number of non-ortho nitro benzene ring substituents is 1. The van der Waals surface area contributed by atoms with Crippen molar-refractivity contribution in [3.8, 4) is 0 Å². The van der Waals surface area contributed by atoms with Crippen LogP contribution in [0.25, 0.3) is 0 Å². The van der Waals surface area contributed by atoms with Gasteiger partial charge in [0.25, 0.3) is 5.69 Å². The second kappa shape index (κ2) is 7.30. The fourth-order valence-corrected chi connectivity index (χ4v) is 1.79. The van der Waals surface area contributed by atoms with Gasteiger partial charge in [-0.1, -0.05) is 0 Å². The maximum atomic E-state index is 10.5. The van der Waals surface area contributed by atoms with Crippen molar-refractivity contribution in [1.29, 1.82) is 0 Å². The molecular formula is C13H22N4O3. The van der Waals surface area contributed by atoms with Crippen molar-refractivity contribution in [1.82, 2.24) is 0 Å². The van der Waals surface area contributed by atoms with E-state index < -0.39 is 10.3 Å². The summed E-state index contributed by atoms with van der Waals surface area (Å²) in [6, 6.07) is 6.05. The summed E-state index contributed by atoms with van der Waals surface area (Å²) in [5, 5.41) is 10.5. The predicted molar refractivity (Wildman–Crippen MR) is 76.9 cm³/mol. The molecule has 7 nitrogen and oxygen atoms in total. The molecule has 6 N–H and O–H groups in total. The molecule has 0 aliphatic heterocycles. The van der Waals surface area contributed by atoms with Crippen molar-refractivity contribution in [3.05, 3.63) is 39.9 Å². The second-order valence-corrected chi connectivity index (χ2v) is 4.98. The Bertz CT molecular complexity index is 430. The molecule has 1 unspecified atom stereocenters. The van der Waals surface area contributed by atoms with Crippen LogP contribution in [0.4, 0.5) is 5.69 Å². The van der Waals surface area contributed by atoms with Crippen molar-refractivity contribution in [2.75, 3.05) is 19.7 Å². The fourth-order valence-electron chi connectivity index (χ4n) is 1.79. The van der Waals surface area contributed by atoms with Crippen LogP contribution in [0, 0.1) is 15.5 Å². The zero-order chi connectivity index (χ0) is 15.2. The molecule has 1 aromatic rings. The van der Waals surface area contributed by atoms with Gasteiger partial charge in [-0.3, -0.25) is 10.1 Å². The zero-order valence-electron chi connectivity index (χ0n) is 11.6. The minimum absolute atomic E-state index is 0.0580. The number of benzene rings is 1. The summed E-state index contributed by atoms with van der Waals surface area (Å²) in [6.07, 6.45) is 0. The van der Waals surface area contributed by atoms with E-state index in [1.54, 1.807) is 12.1 Å². The molecule has 1 atom stereocenters. The Hall–Kier alpha value is -1.54. The predicted octanol–water partition coefficient (Wildman–Crippen LogP) is 0.362. The van der Waals surface area contributed by atoms with Gasteiger partial charge in [-0.15, -0.1) is 0 Å². The Labute approximate surface area is 118 Å². The summed E-state index contributed by atoms with van der Waals surface area (Å²) in [5.41, 5.74) is 17.8. The van der Waals surface area contributed by atoms with Crippen LogP contribution in [-0.4, -0.2) is 30.7 Å². The van der Waals surface area contributed by atoms with Gasteiger partial charge in [-0.2, -0.15) is 0 Å². The van der Waals surface area contributed by atoms with Crippen LogP contribution in [0.15, 0.2) is 24.3 Å². The highest BCUT2D eigenvalue weighted by Crippen LogP contribution is 2.19. The average Bonchev–Trinajstić information content (AvgIpc) is 2.44. The van der Waals surface area contributed by atoms with Gasteiger partial charge in [-0.05, 0) is 24.6 Å². The molecule has 20 heavy (non-hydrogen) atoms. The van der Waals surface area contributed by atoms with Crippen LogP contribution in [0.1, 0.15) is 12.5 Å². The molecule has 0 aliphatic carbocycles. The van der Waals surface area contributed by atoms with Crippen molar-refractivity contribution >= 4 is 5.69 Å². The molecule has 0 aromatic heterocycles. The fraction of sp³-hybridized carbons (Fsp3) is 0.538. The molecule has 0 fully saturated rings. The van der Waals surface area contributed by atoms with Gasteiger partial charge in [0.15, 0.2) is 0 Å². The maximum absolute atomic E-state index is 10.5. The lowest BCUT2D eigenvalue weighted by Gasteiger charge is -2.34. The lowest BCUT2D eigenvalue weighted by molar-refractivity contribution is -0.384. The Morgan fingerprint density at radius 1 is 1.30 bits per heavy atom. The molecule has 1 rings (SSSR count). The Morgan fingerprint density at radius 3 is 2.25 bits per heavy atom. The largest absolute Gasteiger partial charge is 0.376 e. The van der Waals surface area contributed by atoms with E-state index in [2.05, 4.69) is 0 Å². The first-order valence-electron chi connectivity index (χ1n) is 6.42. The monoisotopic (exact) mass is 282 g/mol. The lowest BCUT2D eigenvalue weighted by Crippen LogP contribution is -2.53. The molecule has 0 saturated heterocycles. The van der Waals surface area contributed by atoms with Gasteiger partial charge < -0.3 is 21.9 Å². The molecule has 0 amide bonds. The van der Waals surface area contributed by atoms with Gasteiger partial charge in [0.05, 0.1) is 18.1 Å². The first-order chi connectivity index (χ1) is 9.45. The summed E-state index contributed by atoms with van der Waals surface area (Å²) in [5.74, 6) is 0. The van der Waals surface area contributed by atoms with Gasteiger partial charge in [0.1, 0.15) is 0 Å². The van der Waals surface area contributed by atoms with Crippen LogP contribution in [0.2, 0.25) is 0 Å². The molecule has 112 valence electrons. The van der Waals surface area contributed by atoms with Crippen molar-refractivity contribution < 1.29 is 9.66 Å². The van der Waals surface area contributed by atoms with Crippen LogP contribution >= 0.6 is 0 Å². The van der Waals surface area contributed by atoms with Crippen molar-refractivity contribution in [2.45, 2.75) is 19.6 Å². The molecule has 0 aliphatic rings. The number of nitro benzene ring substituents is 1. The van der Waals surface area contributed by atoms with E-state index in [4.69, 9.17) is 21.9 Å². The SMILES string of the molecule is CC(N)C(CN)(CN)COCc1ccc([N+](=O)[O-])cc1. The molecule has 0 bridgehead atoms. The van der Waals surface area contributed by atoms with Gasteiger partial charge in [0, 0.05) is 36.7 Å². The number of nitrogens with two attached hydrogens (primary N) is 3. The van der Waals surface area contributed by atoms with E-state index in [1.165, 1.54) is 12.1 Å². The minimum atomic E-state index is -0.444. The van der Waals surface area contributed by atoms with E-state index in [9.17, 15) is 10.1 Å². The first kappa shape index (κ1) is 16.5. The number of rotatable bonds is 8. The summed E-state index contributed by atoms with van der Waals surface area (Å²) < 4.78 is 5.62. The molecular weight excluding hydrogens is 260 g/mol. The smallest absolute Gasteiger partial charge is 0.269 e. The highest BCUT2D eigenvalue weighted by atomic mass is 16.6. The first-order valence-corrected chi connectivity index (χ1v) is 6.42. The van der Waals surface area contributed by atoms with Gasteiger partial charge in [0.2, 0.25) is 0 Å². The van der Waals surface area contributed by atoms with Crippen LogP contribution in [0.5, 0.6) is 0 Å². The third-order valence-electron chi connectivity index (χ3n) is 3.58. The lowest BCUT2D eigenvalue weighted by atomic mass is 9.82. The second-order valence-electron chi connectivity index (χ2n) is 4.98. The standard InChI is InChI=1S/C13H22N4O3/c1-10(16)13(7-14,8-15)9-20-6-11-2-4-12(5-3-11)17(18)19/h2-5,10H,6-9,14-16H2,1H3. The number of ether oxygens (including phenoxy) is 1. The quantitative estimate of drug-likeness (QED) is 0.466. The Balaban J connectivity index is 2.57. The van der Waals surface area contributed by atoms with Crippen LogP contribution in [-0.2, 0) is 11.3 Å². The van der Waals surface area contributed by atoms with Crippen LogP contribution < -0.4 is 17.2 Å². The number of nitro groups is 1. The Kier molecular flexibility index (Phi) is 6.03. The van der Waals surface area contributed by atoms with E-state index in [0.29, 0.717) is 26.3 Å². The van der Waals surface area contributed by atoms with E-state index in [-0.39, 0.29) is 11.7 Å². The normalized spacial score (nSPS) is 13.2. The molecule has 0 saturated carbocycles. The minimum Gasteiger partial charge on any atom is -0.376 e.